The highest BCUT2D eigenvalue weighted by atomic mass is 16.5. The molecule has 1 amide bonds. The molecule has 0 aromatic heterocycles. The fraction of sp³-hybridized carbons (Fsp3) is 0.529. The van der Waals surface area contributed by atoms with Gasteiger partial charge in [-0.15, -0.1) is 0 Å². The van der Waals surface area contributed by atoms with Gasteiger partial charge >= 0.3 is 0 Å². The van der Waals surface area contributed by atoms with Gasteiger partial charge < -0.3 is 14.7 Å². The van der Waals surface area contributed by atoms with Crippen molar-refractivity contribution in [3.05, 3.63) is 29.8 Å². The molecule has 0 aliphatic carbocycles. The number of aliphatic hydroxyl groups is 1. The van der Waals surface area contributed by atoms with Crippen LogP contribution in [0.15, 0.2) is 24.3 Å². The molecule has 1 saturated heterocycles. The lowest BCUT2D eigenvalue weighted by atomic mass is 10.1. The maximum absolute atomic E-state index is 12.5. The number of carbonyl (C=O) groups is 1. The van der Waals surface area contributed by atoms with E-state index < -0.39 is 6.10 Å². The maximum atomic E-state index is 12.5. The molecule has 0 spiro atoms. The minimum absolute atomic E-state index is 0.00944. The number of carbonyl (C=O) groups excluding carboxylic acids is 1. The Labute approximate surface area is 131 Å². The van der Waals surface area contributed by atoms with E-state index in [0.717, 1.165) is 32.2 Å². The zero-order chi connectivity index (χ0) is 15.9. The Balaban J connectivity index is 1.94. The first-order valence-electron chi connectivity index (χ1n) is 7.74. The third kappa shape index (κ3) is 3.99. The quantitative estimate of drug-likeness (QED) is 0.873. The molecule has 2 rings (SSSR count). The van der Waals surface area contributed by atoms with E-state index in [2.05, 4.69) is 0 Å². The molecule has 1 aliphatic rings. The second-order valence-corrected chi connectivity index (χ2v) is 5.59. The van der Waals surface area contributed by atoms with Gasteiger partial charge in [0.05, 0.1) is 11.6 Å². The van der Waals surface area contributed by atoms with Crippen LogP contribution in [-0.4, -0.2) is 41.2 Å². The zero-order valence-corrected chi connectivity index (χ0v) is 12.9. The van der Waals surface area contributed by atoms with E-state index in [1.54, 1.807) is 31.2 Å². The first-order valence-corrected chi connectivity index (χ1v) is 7.74. The molecular formula is C17H22N2O3. The van der Waals surface area contributed by atoms with Crippen LogP contribution >= 0.6 is 0 Å². The summed E-state index contributed by atoms with van der Waals surface area (Å²) in [4.78, 5) is 14.4. The summed E-state index contributed by atoms with van der Waals surface area (Å²) in [6.45, 7) is 2.67. The van der Waals surface area contributed by atoms with E-state index in [-0.39, 0.29) is 18.6 Å². The van der Waals surface area contributed by atoms with E-state index in [4.69, 9.17) is 15.1 Å². The molecule has 0 radical (unpaired) electrons. The highest BCUT2D eigenvalue weighted by Gasteiger charge is 2.31. The molecule has 2 unspecified atom stereocenters. The Morgan fingerprint density at radius 1 is 1.50 bits per heavy atom. The summed E-state index contributed by atoms with van der Waals surface area (Å²) < 4.78 is 5.69. The Bertz CT molecular complexity index is 536. The van der Waals surface area contributed by atoms with Gasteiger partial charge in [0.2, 0.25) is 0 Å². The summed E-state index contributed by atoms with van der Waals surface area (Å²) >= 11 is 0. The Kier molecular flexibility index (Phi) is 5.79. The molecule has 1 N–H and O–H groups in total. The summed E-state index contributed by atoms with van der Waals surface area (Å²) in [5.74, 6) is 0.579. The number of hydrogen-bond donors (Lipinski definition) is 1. The van der Waals surface area contributed by atoms with Gasteiger partial charge in [-0.1, -0.05) is 0 Å². The fourth-order valence-corrected chi connectivity index (χ4v) is 2.85. The molecule has 1 aliphatic heterocycles. The van der Waals surface area contributed by atoms with Crippen molar-refractivity contribution in [1.29, 1.82) is 5.26 Å². The second-order valence-electron chi connectivity index (χ2n) is 5.59. The number of rotatable bonds is 6. The van der Waals surface area contributed by atoms with Crippen LogP contribution in [0.3, 0.4) is 0 Å². The van der Waals surface area contributed by atoms with Crippen molar-refractivity contribution in [3.8, 4) is 11.8 Å². The first-order chi connectivity index (χ1) is 10.7. The number of benzene rings is 1. The monoisotopic (exact) mass is 302 g/mol. The van der Waals surface area contributed by atoms with Gasteiger partial charge in [0.15, 0.2) is 6.10 Å². The van der Waals surface area contributed by atoms with Gasteiger partial charge in [0, 0.05) is 19.2 Å². The summed E-state index contributed by atoms with van der Waals surface area (Å²) in [5.41, 5.74) is 0.565. The molecule has 118 valence electrons. The molecule has 1 aromatic carbocycles. The third-order valence-electron chi connectivity index (χ3n) is 4.00. The van der Waals surface area contributed by atoms with Crippen LogP contribution in [-0.2, 0) is 4.79 Å². The van der Waals surface area contributed by atoms with E-state index in [1.807, 2.05) is 11.0 Å². The molecule has 5 nitrogen and oxygen atoms in total. The molecule has 2 atom stereocenters. The van der Waals surface area contributed by atoms with Gasteiger partial charge in [-0.05, 0) is 56.9 Å². The SMILES string of the molecule is CC(Oc1ccc(C#N)cc1)C(=O)N1CCCC1CCCO. The predicted octanol–water partition coefficient (Wildman–Crippen LogP) is 2.09. The number of amides is 1. The van der Waals surface area contributed by atoms with Crippen LogP contribution in [0.2, 0.25) is 0 Å². The molecule has 1 fully saturated rings. The number of nitriles is 1. The number of likely N-dealkylation sites (tertiary alicyclic amines) is 1. The van der Waals surface area contributed by atoms with Crippen molar-refractivity contribution in [1.82, 2.24) is 4.90 Å². The van der Waals surface area contributed by atoms with Crippen LogP contribution in [0.25, 0.3) is 0 Å². The third-order valence-corrected chi connectivity index (χ3v) is 4.00. The minimum Gasteiger partial charge on any atom is -0.481 e. The van der Waals surface area contributed by atoms with E-state index in [0.29, 0.717) is 11.3 Å². The predicted molar refractivity (Wildman–Crippen MR) is 82.3 cm³/mol. The standard InChI is InChI=1S/C17H22N2O3/c1-13(22-16-8-6-14(12-18)7-9-16)17(21)19-10-2-4-15(19)5-3-11-20/h6-9,13,15,20H,2-5,10-11H2,1H3. The lowest BCUT2D eigenvalue weighted by Crippen LogP contribution is -2.43. The van der Waals surface area contributed by atoms with Gasteiger partial charge in [0.1, 0.15) is 5.75 Å². The zero-order valence-electron chi connectivity index (χ0n) is 12.9. The van der Waals surface area contributed by atoms with Crippen molar-refractivity contribution in [2.75, 3.05) is 13.2 Å². The van der Waals surface area contributed by atoms with Crippen molar-refractivity contribution in [3.63, 3.8) is 0 Å². The lowest BCUT2D eigenvalue weighted by molar-refractivity contribution is -0.138. The van der Waals surface area contributed by atoms with Crippen molar-refractivity contribution in [2.45, 2.75) is 44.8 Å². The summed E-state index contributed by atoms with van der Waals surface area (Å²) in [7, 11) is 0. The molecule has 5 heteroatoms. The van der Waals surface area contributed by atoms with Crippen LogP contribution in [0, 0.1) is 11.3 Å². The van der Waals surface area contributed by atoms with Crippen LogP contribution in [0.4, 0.5) is 0 Å². The highest BCUT2D eigenvalue weighted by molar-refractivity contribution is 5.81. The second kappa shape index (κ2) is 7.81. The average molecular weight is 302 g/mol. The lowest BCUT2D eigenvalue weighted by Gasteiger charge is -2.27. The topological polar surface area (TPSA) is 73.6 Å². The summed E-state index contributed by atoms with van der Waals surface area (Å²) in [5, 5.41) is 17.7. The van der Waals surface area contributed by atoms with Crippen molar-refractivity contribution < 1.29 is 14.6 Å². The Morgan fingerprint density at radius 2 is 2.23 bits per heavy atom. The van der Waals surface area contributed by atoms with Crippen LogP contribution in [0.1, 0.15) is 38.2 Å². The number of hydrogen-bond acceptors (Lipinski definition) is 4. The van der Waals surface area contributed by atoms with Crippen LogP contribution in [0.5, 0.6) is 5.75 Å². The highest BCUT2D eigenvalue weighted by Crippen LogP contribution is 2.23. The molecule has 1 heterocycles. The molecule has 1 aromatic rings. The molecular weight excluding hydrogens is 280 g/mol. The van der Waals surface area contributed by atoms with Crippen molar-refractivity contribution >= 4 is 5.91 Å². The Hall–Kier alpha value is -2.06. The summed E-state index contributed by atoms with van der Waals surface area (Å²) in [6, 6.07) is 9.02. The summed E-state index contributed by atoms with van der Waals surface area (Å²) in [6.07, 6.45) is 3.01. The molecule has 0 saturated carbocycles. The van der Waals surface area contributed by atoms with Gasteiger partial charge in [-0.3, -0.25) is 4.79 Å². The van der Waals surface area contributed by atoms with Gasteiger partial charge in [-0.2, -0.15) is 5.26 Å². The first kappa shape index (κ1) is 16.3. The normalized spacial score (nSPS) is 18.8. The molecule has 22 heavy (non-hydrogen) atoms. The number of ether oxygens (including phenoxy) is 1. The average Bonchev–Trinajstić information content (AvgIpc) is 3.01. The maximum Gasteiger partial charge on any atom is 0.263 e. The minimum atomic E-state index is -0.553. The smallest absolute Gasteiger partial charge is 0.263 e. The van der Waals surface area contributed by atoms with E-state index in [1.165, 1.54) is 0 Å². The fourth-order valence-electron chi connectivity index (χ4n) is 2.85. The Morgan fingerprint density at radius 3 is 2.86 bits per heavy atom. The largest absolute Gasteiger partial charge is 0.481 e. The van der Waals surface area contributed by atoms with Crippen LogP contribution < -0.4 is 4.74 Å². The number of nitrogens with zero attached hydrogens (tertiary/aromatic N) is 2. The van der Waals surface area contributed by atoms with E-state index in [9.17, 15) is 4.79 Å². The van der Waals surface area contributed by atoms with Crippen molar-refractivity contribution in [2.24, 2.45) is 0 Å². The molecule has 0 bridgehead atoms. The number of aliphatic hydroxyl groups excluding tert-OH is 1. The van der Waals surface area contributed by atoms with Gasteiger partial charge in [0.25, 0.3) is 5.91 Å². The van der Waals surface area contributed by atoms with Gasteiger partial charge in [-0.25, -0.2) is 0 Å². The van der Waals surface area contributed by atoms with E-state index >= 15 is 0 Å².